The van der Waals surface area contributed by atoms with Gasteiger partial charge in [-0.1, -0.05) is 12.1 Å². The molecule has 6 heteroatoms. The number of benzene rings is 2. The molecule has 0 aliphatic carbocycles. The van der Waals surface area contributed by atoms with Gasteiger partial charge in [0.1, 0.15) is 6.54 Å². The number of aryl methyl sites for hydroxylation is 4. The van der Waals surface area contributed by atoms with Crippen LogP contribution in [0.3, 0.4) is 0 Å². The van der Waals surface area contributed by atoms with E-state index in [0.29, 0.717) is 24.5 Å². The number of piperazine rings is 1. The van der Waals surface area contributed by atoms with Crippen LogP contribution in [-0.2, 0) is 14.4 Å². The molecule has 2 aromatic carbocycles. The highest BCUT2D eigenvalue weighted by molar-refractivity contribution is 6.41. The highest BCUT2D eigenvalue weighted by Gasteiger charge is 2.34. The van der Waals surface area contributed by atoms with E-state index in [1.807, 2.05) is 64.1 Å². The van der Waals surface area contributed by atoms with Crippen LogP contribution in [-0.4, -0.2) is 42.3 Å². The molecule has 3 amide bonds. The van der Waals surface area contributed by atoms with E-state index < -0.39 is 11.8 Å². The fourth-order valence-corrected chi connectivity index (χ4v) is 3.39. The first-order valence-corrected chi connectivity index (χ1v) is 9.31. The maximum Gasteiger partial charge on any atom is 0.316 e. The van der Waals surface area contributed by atoms with Gasteiger partial charge in [-0.05, 0) is 74.2 Å². The molecule has 0 aromatic heterocycles. The van der Waals surface area contributed by atoms with Crippen LogP contribution in [0.5, 0.6) is 0 Å². The minimum Gasteiger partial charge on any atom is -0.325 e. The third kappa shape index (κ3) is 4.22. The molecule has 3 rings (SSSR count). The summed E-state index contributed by atoms with van der Waals surface area (Å²) >= 11 is 0. The number of rotatable bonds is 4. The van der Waals surface area contributed by atoms with Gasteiger partial charge in [-0.2, -0.15) is 0 Å². The maximum atomic E-state index is 12.6. The Hall–Kier alpha value is -3.15. The lowest BCUT2D eigenvalue weighted by atomic mass is 10.1. The van der Waals surface area contributed by atoms with Gasteiger partial charge in [-0.3, -0.25) is 14.4 Å². The van der Waals surface area contributed by atoms with E-state index in [4.69, 9.17) is 0 Å². The van der Waals surface area contributed by atoms with Crippen molar-refractivity contribution in [3.63, 3.8) is 0 Å². The van der Waals surface area contributed by atoms with Crippen LogP contribution in [0, 0.1) is 27.7 Å². The standard InChI is InChI=1S/C22H25N3O3/c1-14-9-15(2)11-18(10-14)23-20(26)13-24-7-8-25(22(28)21(24)27)19-6-5-16(3)17(4)12-19/h5-6,9-12H,7-8,13H2,1-4H3,(H,23,26). The van der Waals surface area contributed by atoms with Crippen LogP contribution in [0.2, 0.25) is 0 Å². The minimum atomic E-state index is -0.653. The molecule has 1 saturated heterocycles. The monoisotopic (exact) mass is 379 g/mol. The Morgan fingerprint density at radius 1 is 0.893 bits per heavy atom. The summed E-state index contributed by atoms with van der Waals surface area (Å²) in [5.74, 6) is -1.57. The van der Waals surface area contributed by atoms with Crippen molar-refractivity contribution < 1.29 is 14.4 Å². The predicted octanol–water partition coefficient (Wildman–Crippen LogP) is 2.73. The van der Waals surface area contributed by atoms with Gasteiger partial charge in [-0.15, -0.1) is 0 Å². The van der Waals surface area contributed by atoms with Crippen molar-refractivity contribution in [2.45, 2.75) is 27.7 Å². The maximum absolute atomic E-state index is 12.6. The van der Waals surface area contributed by atoms with Gasteiger partial charge in [0.05, 0.1) is 0 Å². The summed E-state index contributed by atoms with van der Waals surface area (Å²) in [6, 6.07) is 11.4. The second kappa shape index (κ2) is 7.84. The lowest BCUT2D eigenvalue weighted by Crippen LogP contribution is -2.56. The Balaban J connectivity index is 1.65. The number of nitrogens with zero attached hydrogens (tertiary/aromatic N) is 2. The van der Waals surface area contributed by atoms with E-state index in [1.54, 1.807) is 0 Å². The van der Waals surface area contributed by atoms with Gasteiger partial charge < -0.3 is 15.1 Å². The quantitative estimate of drug-likeness (QED) is 0.831. The van der Waals surface area contributed by atoms with Crippen molar-refractivity contribution in [2.24, 2.45) is 0 Å². The number of carbonyl (C=O) groups is 3. The van der Waals surface area contributed by atoms with Crippen LogP contribution in [0.15, 0.2) is 36.4 Å². The van der Waals surface area contributed by atoms with Gasteiger partial charge >= 0.3 is 11.8 Å². The number of amides is 3. The number of hydrogen-bond donors (Lipinski definition) is 1. The number of anilines is 2. The molecule has 0 atom stereocenters. The van der Waals surface area contributed by atoms with Crippen molar-refractivity contribution in [1.29, 1.82) is 0 Å². The van der Waals surface area contributed by atoms with Gasteiger partial charge in [0.15, 0.2) is 0 Å². The van der Waals surface area contributed by atoms with Crippen LogP contribution < -0.4 is 10.2 Å². The zero-order valence-electron chi connectivity index (χ0n) is 16.7. The van der Waals surface area contributed by atoms with Crippen LogP contribution in [0.25, 0.3) is 0 Å². The van der Waals surface area contributed by atoms with E-state index in [9.17, 15) is 14.4 Å². The Bertz CT molecular complexity index is 932. The third-order valence-corrected chi connectivity index (χ3v) is 4.95. The van der Waals surface area contributed by atoms with Crippen molar-refractivity contribution >= 4 is 29.1 Å². The Morgan fingerprint density at radius 2 is 1.57 bits per heavy atom. The smallest absolute Gasteiger partial charge is 0.316 e. The van der Waals surface area contributed by atoms with E-state index in [1.165, 1.54) is 9.80 Å². The summed E-state index contributed by atoms with van der Waals surface area (Å²) in [4.78, 5) is 40.2. The molecule has 0 saturated carbocycles. The molecule has 1 aliphatic rings. The molecule has 1 N–H and O–H groups in total. The summed E-state index contributed by atoms with van der Waals surface area (Å²) in [6.07, 6.45) is 0. The van der Waals surface area contributed by atoms with E-state index >= 15 is 0 Å². The molecule has 2 aromatic rings. The van der Waals surface area contributed by atoms with Gasteiger partial charge in [0.2, 0.25) is 5.91 Å². The summed E-state index contributed by atoms with van der Waals surface area (Å²) in [7, 11) is 0. The van der Waals surface area contributed by atoms with Crippen LogP contribution >= 0.6 is 0 Å². The zero-order valence-corrected chi connectivity index (χ0v) is 16.7. The molecule has 28 heavy (non-hydrogen) atoms. The van der Waals surface area contributed by atoms with Crippen molar-refractivity contribution in [3.05, 3.63) is 58.7 Å². The number of hydrogen-bond acceptors (Lipinski definition) is 3. The Kier molecular flexibility index (Phi) is 5.49. The Labute approximate surface area is 165 Å². The third-order valence-electron chi connectivity index (χ3n) is 4.95. The first-order valence-electron chi connectivity index (χ1n) is 9.31. The lowest BCUT2D eigenvalue weighted by molar-refractivity contribution is -0.147. The molecule has 0 bridgehead atoms. The van der Waals surface area contributed by atoms with Crippen molar-refractivity contribution in [1.82, 2.24) is 4.90 Å². The van der Waals surface area contributed by atoms with Gasteiger partial charge in [0.25, 0.3) is 0 Å². The molecule has 0 spiro atoms. The number of carbonyl (C=O) groups excluding carboxylic acids is 3. The van der Waals surface area contributed by atoms with Crippen LogP contribution in [0.1, 0.15) is 22.3 Å². The highest BCUT2D eigenvalue weighted by atomic mass is 16.2. The molecular weight excluding hydrogens is 354 g/mol. The average molecular weight is 379 g/mol. The lowest BCUT2D eigenvalue weighted by Gasteiger charge is -2.33. The molecule has 146 valence electrons. The summed E-state index contributed by atoms with van der Waals surface area (Å²) < 4.78 is 0. The van der Waals surface area contributed by atoms with E-state index in [-0.39, 0.29) is 12.5 Å². The Morgan fingerprint density at radius 3 is 2.21 bits per heavy atom. The normalized spacial score (nSPS) is 14.4. The predicted molar refractivity (Wildman–Crippen MR) is 109 cm³/mol. The topological polar surface area (TPSA) is 69.7 Å². The SMILES string of the molecule is Cc1cc(C)cc(NC(=O)CN2CCN(c3ccc(C)c(C)c3)C(=O)C2=O)c1. The second-order valence-electron chi connectivity index (χ2n) is 7.38. The largest absolute Gasteiger partial charge is 0.325 e. The van der Waals surface area contributed by atoms with Crippen molar-refractivity contribution in [2.75, 3.05) is 29.9 Å². The summed E-state index contributed by atoms with van der Waals surface area (Å²) in [5.41, 5.74) is 5.68. The molecule has 0 unspecified atom stereocenters. The summed E-state index contributed by atoms with van der Waals surface area (Å²) in [6.45, 7) is 8.42. The van der Waals surface area contributed by atoms with E-state index in [2.05, 4.69) is 5.32 Å². The van der Waals surface area contributed by atoms with Gasteiger partial charge in [0, 0.05) is 24.5 Å². The van der Waals surface area contributed by atoms with E-state index in [0.717, 1.165) is 22.3 Å². The van der Waals surface area contributed by atoms with Crippen molar-refractivity contribution in [3.8, 4) is 0 Å². The summed E-state index contributed by atoms with van der Waals surface area (Å²) in [5, 5.41) is 2.81. The van der Waals surface area contributed by atoms with Crippen LogP contribution in [0.4, 0.5) is 11.4 Å². The highest BCUT2D eigenvalue weighted by Crippen LogP contribution is 2.21. The van der Waals surface area contributed by atoms with Gasteiger partial charge in [-0.25, -0.2) is 0 Å². The first kappa shape index (κ1) is 19.6. The average Bonchev–Trinajstić information content (AvgIpc) is 2.61. The number of nitrogens with one attached hydrogen (secondary N) is 1. The molecule has 0 radical (unpaired) electrons. The molecule has 6 nitrogen and oxygen atoms in total. The molecule has 1 aliphatic heterocycles. The second-order valence-corrected chi connectivity index (χ2v) is 7.38. The fraction of sp³-hybridized carbons (Fsp3) is 0.318. The molecule has 1 heterocycles. The molecular formula is C22H25N3O3. The molecule has 1 fully saturated rings. The zero-order chi connectivity index (χ0) is 20.4. The first-order chi connectivity index (χ1) is 13.2. The fourth-order valence-electron chi connectivity index (χ4n) is 3.39. The minimum absolute atomic E-state index is 0.141.